The highest BCUT2D eigenvalue weighted by molar-refractivity contribution is 7.19. The highest BCUT2D eigenvalue weighted by Crippen LogP contribution is 2.62. The molecule has 10 rings (SSSR count). The Hall–Kier alpha value is -6.30. The van der Waals surface area contributed by atoms with Crippen molar-refractivity contribution in [2.45, 2.75) is 5.41 Å². The van der Waals surface area contributed by atoms with Crippen LogP contribution in [0.5, 0.6) is 0 Å². The van der Waals surface area contributed by atoms with Crippen LogP contribution in [0.3, 0.4) is 0 Å². The Morgan fingerprint density at radius 1 is 0.377 bits per heavy atom. The van der Waals surface area contributed by atoms with Crippen molar-refractivity contribution in [2.75, 3.05) is 0 Å². The smallest absolute Gasteiger partial charge is 0.179 e. The first-order chi connectivity index (χ1) is 26.0. The molecule has 1 atom stereocenters. The van der Waals surface area contributed by atoms with Crippen molar-refractivity contribution in [1.82, 2.24) is 4.98 Å². The van der Waals surface area contributed by atoms with E-state index in [4.69, 9.17) is 0 Å². The quantitative estimate of drug-likeness (QED) is 0.129. The van der Waals surface area contributed by atoms with Gasteiger partial charge in [0.05, 0.1) is 5.41 Å². The zero-order chi connectivity index (χ0) is 35.7. The molecule has 0 bridgehead atoms. The summed E-state index contributed by atoms with van der Waals surface area (Å²) < 4.78 is 45.6. The predicted molar refractivity (Wildman–Crippen MR) is 209 cm³/mol. The van der Waals surface area contributed by atoms with Crippen molar-refractivity contribution in [3.8, 4) is 33.4 Å². The molecule has 2 aliphatic rings. The molecule has 1 spiro atoms. The van der Waals surface area contributed by atoms with E-state index in [0.29, 0.717) is 15.6 Å². The van der Waals surface area contributed by atoms with E-state index in [1.165, 1.54) is 75.3 Å². The van der Waals surface area contributed by atoms with Gasteiger partial charge in [-0.25, -0.2) is 13.2 Å². The number of rotatable bonds is 5. The van der Waals surface area contributed by atoms with Gasteiger partial charge in [0.25, 0.3) is 0 Å². The average molecular weight is 706 g/mol. The Kier molecular flexibility index (Phi) is 7.04. The third kappa shape index (κ3) is 4.47. The average Bonchev–Trinajstić information content (AvgIpc) is 3.66. The van der Waals surface area contributed by atoms with Crippen molar-refractivity contribution in [3.05, 3.63) is 222 Å². The molecule has 0 radical (unpaired) electrons. The van der Waals surface area contributed by atoms with Crippen LogP contribution in [0.2, 0.25) is 0 Å². The van der Waals surface area contributed by atoms with Crippen molar-refractivity contribution in [2.24, 2.45) is 0 Å². The summed E-state index contributed by atoms with van der Waals surface area (Å²) in [4.78, 5) is 4.54. The molecule has 1 unspecified atom stereocenters. The Bertz CT molecular complexity index is 2580. The van der Waals surface area contributed by atoms with Crippen LogP contribution in [-0.4, -0.2) is 13.1 Å². The molecule has 0 saturated carbocycles. The Morgan fingerprint density at radius 2 is 0.849 bits per heavy atom. The fourth-order valence-electron chi connectivity index (χ4n) is 9.26. The van der Waals surface area contributed by atoms with Gasteiger partial charge in [-0.3, -0.25) is 4.98 Å². The summed E-state index contributed by atoms with van der Waals surface area (Å²) in [5.74, 6) is -1.21. The van der Waals surface area contributed by atoms with Gasteiger partial charge in [-0.15, -0.1) is 0 Å². The summed E-state index contributed by atoms with van der Waals surface area (Å²) >= 11 is 0. The molecular weight excluding hydrogens is 676 g/mol. The highest BCUT2D eigenvalue weighted by Gasteiger charge is 2.51. The van der Waals surface area contributed by atoms with Crippen molar-refractivity contribution >= 4 is 28.8 Å². The minimum absolute atomic E-state index is 0.404. The normalized spacial score (nSPS) is 15.2. The molecule has 1 aromatic heterocycles. The maximum atomic E-state index is 15.2. The third-order valence-corrected chi connectivity index (χ3v) is 16.0. The summed E-state index contributed by atoms with van der Waals surface area (Å²) in [6, 6.07) is 53.9. The van der Waals surface area contributed by atoms with Gasteiger partial charge in [-0.05, 0) is 119 Å². The monoisotopic (exact) mass is 705 g/mol. The lowest BCUT2D eigenvalue weighted by molar-refractivity contribution is 0.629. The van der Waals surface area contributed by atoms with Crippen LogP contribution in [0, 0.1) is 17.5 Å². The zero-order valence-corrected chi connectivity index (χ0v) is 29.4. The molecule has 8 aromatic rings. The molecule has 0 saturated heterocycles. The Labute approximate surface area is 306 Å². The molecule has 1 heterocycles. The van der Waals surface area contributed by atoms with E-state index in [9.17, 15) is 0 Å². The molecule has 1 nitrogen and oxygen atoms in total. The van der Waals surface area contributed by atoms with Crippen LogP contribution in [-0.2, 0) is 5.41 Å². The minimum Gasteiger partial charge on any atom is -0.264 e. The van der Waals surface area contributed by atoms with E-state index in [1.54, 1.807) is 18.2 Å². The SMILES string of the molecule is Fc1cccc([Si](c2cccc(F)c2)(c2cccc(F)c2)c2cccc(-c3ccc4c(c3)C3(c5ccccc5-c5cnccc53)c3ccccc3-4)c2)c1. The number of hydrogen-bond acceptors (Lipinski definition) is 1. The second-order valence-corrected chi connectivity index (χ2v) is 17.7. The van der Waals surface area contributed by atoms with E-state index in [-0.39, 0.29) is 0 Å². The lowest BCUT2D eigenvalue weighted by Gasteiger charge is -2.35. The molecule has 5 heteroatoms. The summed E-state index contributed by atoms with van der Waals surface area (Å²) in [5.41, 5.74) is 11.0. The molecule has 0 N–H and O–H groups in total. The van der Waals surface area contributed by atoms with Crippen molar-refractivity contribution < 1.29 is 13.2 Å². The molecule has 0 aliphatic heterocycles. The fraction of sp³-hybridized carbons (Fsp3) is 0.0208. The van der Waals surface area contributed by atoms with Crippen LogP contribution in [0.15, 0.2) is 182 Å². The van der Waals surface area contributed by atoms with Crippen LogP contribution < -0.4 is 20.7 Å². The molecule has 2 aliphatic carbocycles. The molecule has 252 valence electrons. The molecule has 0 amide bonds. The van der Waals surface area contributed by atoms with E-state index in [2.05, 4.69) is 89.9 Å². The zero-order valence-electron chi connectivity index (χ0n) is 28.4. The summed E-state index contributed by atoms with van der Waals surface area (Å²) in [5, 5.41) is 2.98. The number of benzene rings is 7. The lowest BCUT2D eigenvalue weighted by Crippen LogP contribution is -2.75. The van der Waals surface area contributed by atoms with Crippen molar-refractivity contribution in [1.29, 1.82) is 0 Å². The van der Waals surface area contributed by atoms with E-state index >= 15 is 13.2 Å². The van der Waals surface area contributed by atoms with Crippen LogP contribution in [0.4, 0.5) is 13.2 Å². The molecule has 0 fully saturated rings. The van der Waals surface area contributed by atoms with Gasteiger partial charge < -0.3 is 0 Å². The van der Waals surface area contributed by atoms with Gasteiger partial charge in [-0.2, -0.15) is 0 Å². The van der Waals surface area contributed by atoms with Crippen LogP contribution in [0.25, 0.3) is 33.4 Å². The first-order valence-electron chi connectivity index (χ1n) is 17.7. The third-order valence-electron chi connectivity index (χ3n) is 11.3. The molecular formula is C48H30F3NSi. The number of nitrogens with zero attached hydrogens (tertiary/aromatic N) is 1. The molecule has 53 heavy (non-hydrogen) atoms. The van der Waals surface area contributed by atoms with Gasteiger partial charge in [0, 0.05) is 18.0 Å². The van der Waals surface area contributed by atoms with Gasteiger partial charge in [0.2, 0.25) is 0 Å². The summed E-state index contributed by atoms with van der Waals surface area (Å²) in [6.45, 7) is 0. The van der Waals surface area contributed by atoms with Crippen molar-refractivity contribution in [3.63, 3.8) is 0 Å². The van der Waals surface area contributed by atoms with Gasteiger partial charge in [0.15, 0.2) is 8.07 Å². The maximum absolute atomic E-state index is 15.2. The van der Waals surface area contributed by atoms with Gasteiger partial charge in [-0.1, -0.05) is 121 Å². The number of aromatic nitrogens is 1. The number of fused-ring (bicyclic) bond motifs is 10. The van der Waals surface area contributed by atoms with Crippen LogP contribution in [0.1, 0.15) is 22.3 Å². The standard InChI is InChI=1S/C48H30F3NSi/c49-33-10-6-14-37(27-33)53(38-15-7-11-34(50)28-38,39-16-8-12-35(51)29-39)36-13-5-9-31(25-36)32-21-22-42-40-17-1-3-19-44(40)48(47(42)26-32)45-20-4-2-18-41(45)43-30-52-24-23-46(43)48/h1-30H. The van der Waals surface area contributed by atoms with E-state index < -0.39 is 30.9 Å². The predicted octanol–water partition coefficient (Wildman–Crippen LogP) is 8.89. The minimum atomic E-state index is -3.48. The second-order valence-electron chi connectivity index (χ2n) is 13.9. The number of halogens is 3. The summed E-state index contributed by atoms with van der Waals surface area (Å²) in [7, 11) is -3.48. The maximum Gasteiger partial charge on any atom is 0.179 e. The number of hydrogen-bond donors (Lipinski definition) is 0. The van der Waals surface area contributed by atoms with E-state index in [0.717, 1.165) is 21.9 Å². The highest BCUT2D eigenvalue weighted by atomic mass is 28.3. The first kappa shape index (κ1) is 31.4. The van der Waals surface area contributed by atoms with Crippen LogP contribution >= 0.6 is 0 Å². The largest absolute Gasteiger partial charge is 0.264 e. The summed E-state index contributed by atoms with van der Waals surface area (Å²) in [6.07, 6.45) is 3.86. The second kappa shape index (κ2) is 11.9. The number of pyridine rings is 1. The Morgan fingerprint density at radius 3 is 1.43 bits per heavy atom. The lowest BCUT2D eigenvalue weighted by atomic mass is 9.70. The van der Waals surface area contributed by atoms with Gasteiger partial charge in [0.1, 0.15) is 17.5 Å². The van der Waals surface area contributed by atoms with Gasteiger partial charge >= 0.3 is 0 Å². The molecule has 7 aromatic carbocycles. The topological polar surface area (TPSA) is 12.9 Å². The van der Waals surface area contributed by atoms with E-state index in [1.807, 2.05) is 42.7 Å². The Balaban J connectivity index is 1.24. The fourth-order valence-corrected chi connectivity index (χ4v) is 14.1. The first-order valence-corrected chi connectivity index (χ1v) is 19.7.